The van der Waals surface area contributed by atoms with Gasteiger partial charge in [0.2, 0.25) is 16.6 Å². The highest BCUT2D eigenvalue weighted by atomic mass is 28.4. The van der Waals surface area contributed by atoms with Gasteiger partial charge in [-0.3, -0.25) is 9.59 Å². The normalized spacial score (nSPS) is 24.2. The molecule has 0 amide bonds. The molecular formula is C38H56O6Si2. The van der Waals surface area contributed by atoms with Gasteiger partial charge in [-0.25, -0.2) is 0 Å². The lowest BCUT2D eigenvalue weighted by Gasteiger charge is -2.50. The fraction of sp³-hybridized carbons (Fsp3) is 0.632. The number of rotatable bonds is 10. The van der Waals surface area contributed by atoms with Crippen LogP contribution in [0.15, 0.2) is 48.5 Å². The maximum Gasteiger partial charge on any atom is 0.310 e. The molecule has 8 heteroatoms. The van der Waals surface area contributed by atoms with E-state index in [2.05, 4.69) is 67.7 Å². The zero-order valence-corrected chi connectivity index (χ0v) is 31.8. The lowest BCUT2D eigenvalue weighted by molar-refractivity contribution is -0.177. The Balaban J connectivity index is 1.47. The van der Waals surface area contributed by atoms with Crippen molar-refractivity contribution in [3.05, 3.63) is 59.7 Å². The Labute approximate surface area is 279 Å². The third-order valence-corrected chi connectivity index (χ3v) is 20.4. The van der Waals surface area contributed by atoms with E-state index in [1.54, 1.807) is 0 Å². The zero-order chi connectivity index (χ0) is 33.7. The summed E-state index contributed by atoms with van der Waals surface area (Å²) in [5.41, 5.74) is 1.89. The molecule has 46 heavy (non-hydrogen) atoms. The quantitative estimate of drug-likeness (QED) is 0.186. The minimum Gasteiger partial charge on any atom is -0.544 e. The number of ether oxygens (including phenoxy) is 2. The van der Waals surface area contributed by atoms with Crippen molar-refractivity contribution in [3.63, 3.8) is 0 Å². The van der Waals surface area contributed by atoms with Gasteiger partial charge in [0.15, 0.2) is 0 Å². The van der Waals surface area contributed by atoms with Gasteiger partial charge in [0.1, 0.15) is 23.7 Å². The van der Waals surface area contributed by atoms with Crippen molar-refractivity contribution < 1.29 is 27.9 Å². The predicted molar refractivity (Wildman–Crippen MR) is 188 cm³/mol. The molecule has 2 aromatic carbocycles. The fourth-order valence-corrected chi connectivity index (χ4v) is 8.10. The maximum atomic E-state index is 14.0. The average molecular weight is 665 g/mol. The Morgan fingerprint density at radius 1 is 0.565 bits per heavy atom. The largest absolute Gasteiger partial charge is 0.544 e. The van der Waals surface area contributed by atoms with Crippen LogP contribution in [0.25, 0.3) is 0 Å². The van der Waals surface area contributed by atoms with Gasteiger partial charge in [0, 0.05) is 11.8 Å². The Bertz CT molecular complexity index is 1260. The number of carbonyl (C=O) groups is 2. The Hall–Kier alpha value is -2.59. The Morgan fingerprint density at radius 3 is 1.11 bits per heavy atom. The molecule has 252 valence electrons. The molecule has 3 aliphatic carbocycles. The van der Waals surface area contributed by atoms with E-state index in [0.717, 1.165) is 61.2 Å². The molecule has 0 unspecified atom stereocenters. The fourth-order valence-electron chi connectivity index (χ4n) is 6.04. The van der Waals surface area contributed by atoms with Crippen LogP contribution in [-0.2, 0) is 19.1 Å². The molecule has 0 aromatic heterocycles. The first kappa shape index (κ1) is 34.7. The van der Waals surface area contributed by atoms with Gasteiger partial charge < -0.3 is 18.3 Å². The molecular weight excluding hydrogens is 609 g/mol. The number of hydrogen-bond donors (Lipinski definition) is 0. The summed E-state index contributed by atoms with van der Waals surface area (Å²) in [5.74, 6) is -0.425. The molecule has 0 heterocycles. The van der Waals surface area contributed by atoms with Gasteiger partial charge in [0.05, 0.1) is 11.8 Å². The van der Waals surface area contributed by atoms with Crippen LogP contribution < -0.4 is 8.85 Å². The van der Waals surface area contributed by atoms with E-state index >= 15 is 0 Å². The minimum atomic E-state index is -2.02. The van der Waals surface area contributed by atoms with Crippen molar-refractivity contribution in [2.75, 3.05) is 0 Å². The number of hydrogen-bond acceptors (Lipinski definition) is 6. The molecule has 6 nitrogen and oxygen atoms in total. The van der Waals surface area contributed by atoms with Crippen LogP contribution in [0.3, 0.4) is 0 Å². The van der Waals surface area contributed by atoms with Crippen molar-refractivity contribution in [2.45, 2.75) is 140 Å². The van der Waals surface area contributed by atoms with E-state index in [-0.39, 0.29) is 46.1 Å². The molecule has 0 aliphatic heterocycles. The second-order valence-corrected chi connectivity index (χ2v) is 26.4. The van der Waals surface area contributed by atoms with Crippen LogP contribution in [0, 0.1) is 11.8 Å². The first-order valence-corrected chi connectivity index (χ1v) is 23.2. The summed E-state index contributed by atoms with van der Waals surface area (Å²) < 4.78 is 25.2. The van der Waals surface area contributed by atoms with Gasteiger partial charge in [0.25, 0.3) is 0 Å². The third kappa shape index (κ3) is 7.13. The molecule has 0 spiro atoms. The third-order valence-electron chi connectivity index (χ3n) is 11.7. The van der Waals surface area contributed by atoms with Crippen molar-refractivity contribution in [2.24, 2.45) is 11.8 Å². The summed E-state index contributed by atoms with van der Waals surface area (Å²) in [6.45, 7) is 22.3. The van der Waals surface area contributed by atoms with E-state index in [1.807, 2.05) is 48.5 Å². The summed E-state index contributed by atoms with van der Waals surface area (Å²) in [5, 5.41) is 0.149. The monoisotopic (exact) mass is 664 g/mol. The Morgan fingerprint density at radius 2 is 0.870 bits per heavy atom. The molecule has 3 aliphatic rings. The molecule has 0 radical (unpaired) electrons. The summed E-state index contributed by atoms with van der Waals surface area (Å²) in [6.07, 6.45) is 5.71. The molecule has 0 N–H and O–H groups in total. The van der Waals surface area contributed by atoms with Gasteiger partial charge >= 0.3 is 11.9 Å². The molecule has 5 rings (SSSR count). The van der Waals surface area contributed by atoms with Crippen LogP contribution in [0.4, 0.5) is 0 Å². The van der Waals surface area contributed by atoms with Gasteiger partial charge in [-0.2, -0.15) is 0 Å². The lowest BCUT2D eigenvalue weighted by Crippen LogP contribution is -2.53. The molecule has 3 saturated carbocycles. The van der Waals surface area contributed by atoms with E-state index in [4.69, 9.17) is 18.3 Å². The predicted octanol–water partition coefficient (Wildman–Crippen LogP) is 9.76. The first-order chi connectivity index (χ1) is 21.4. The van der Waals surface area contributed by atoms with Crippen LogP contribution in [0.2, 0.25) is 36.3 Å². The van der Waals surface area contributed by atoms with Crippen LogP contribution in [0.1, 0.15) is 103 Å². The second-order valence-electron chi connectivity index (χ2n) is 16.9. The SMILES string of the molecule is CC(C)(C)[Si](C)(C)Oc1ccc(C2C(C(=O)OC3CCC3)C(c3ccc(O[Si](C)(C)C(C)(C)C)cc3)C2C(=O)OC2CCC2)cc1. The topological polar surface area (TPSA) is 71.1 Å². The van der Waals surface area contributed by atoms with Crippen LogP contribution in [0.5, 0.6) is 11.5 Å². The standard InChI is InChI=1S/C38H56O6Si2/c1-37(2,3)45(7,8)43-29-21-17-25(18-22-29)31-33(35(39)41-27-13-11-14-27)32(34(31)36(40)42-28-15-12-16-28)26-19-23-30(24-20-26)44-46(9,10)38(4,5)6/h17-24,27-28,31-34H,11-16H2,1-10H3. The van der Waals surface area contributed by atoms with Crippen LogP contribution >= 0.6 is 0 Å². The van der Waals surface area contributed by atoms with Crippen molar-refractivity contribution in [1.29, 1.82) is 0 Å². The second kappa shape index (κ2) is 12.8. The zero-order valence-electron chi connectivity index (χ0n) is 29.8. The van der Waals surface area contributed by atoms with E-state index in [1.165, 1.54) is 0 Å². The minimum absolute atomic E-state index is 0.0319. The van der Waals surface area contributed by atoms with Gasteiger partial charge in [-0.1, -0.05) is 65.8 Å². The summed E-state index contributed by atoms with van der Waals surface area (Å²) in [6, 6.07) is 16.1. The summed E-state index contributed by atoms with van der Waals surface area (Å²) in [7, 11) is -4.04. The molecule has 0 saturated heterocycles. The van der Waals surface area contributed by atoms with Crippen LogP contribution in [-0.4, -0.2) is 40.8 Å². The Kier molecular flexibility index (Phi) is 9.66. The van der Waals surface area contributed by atoms with Crippen molar-refractivity contribution >= 4 is 28.6 Å². The highest BCUT2D eigenvalue weighted by Crippen LogP contribution is 2.59. The lowest BCUT2D eigenvalue weighted by atomic mass is 9.52. The number of esters is 2. The maximum absolute atomic E-state index is 14.0. The van der Waals surface area contributed by atoms with E-state index in [0.29, 0.717) is 0 Å². The highest BCUT2D eigenvalue weighted by molar-refractivity contribution is 6.75. The van der Waals surface area contributed by atoms with Gasteiger partial charge in [-0.05, 0) is 110 Å². The average Bonchev–Trinajstić information content (AvgIpc) is 2.88. The highest BCUT2D eigenvalue weighted by Gasteiger charge is 2.60. The molecule has 0 bridgehead atoms. The smallest absolute Gasteiger partial charge is 0.310 e. The first-order valence-electron chi connectivity index (χ1n) is 17.4. The van der Waals surface area contributed by atoms with Gasteiger partial charge in [-0.15, -0.1) is 0 Å². The van der Waals surface area contributed by atoms with Crippen molar-refractivity contribution in [3.8, 4) is 11.5 Å². The number of benzene rings is 2. The molecule has 2 aromatic rings. The number of carbonyl (C=O) groups excluding carboxylic acids is 2. The summed E-state index contributed by atoms with van der Waals surface area (Å²) in [4.78, 5) is 27.9. The molecule has 3 fully saturated rings. The van der Waals surface area contributed by atoms with E-state index in [9.17, 15) is 9.59 Å². The van der Waals surface area contributed by atoms with E-state index < -0.39 is 28.5 Å². The van der Waals surface area contributed by atoms with Crippen molar-refractivity contribution in [1.82, 2.24) is 0 Å². The molecule has 0 atom stereocenters. The summed E-state index contributed by atoms with van der Waals surface area (Å²) >= 11 is 0.